The van der Waals surface area contributed by atoms with Gasteiger partial charge in [-0.15, -0.1) is 23.1 Å². The molecule has 1 aromatic rings. The molecule has 134 valence electrons. The Labute approximate surface area is 153 Å². The zero-order valence-corrected chi connectivity index (χ0v) is 15.5. The first-order valence-electron chi connectivity index (χ1n) is 7.83. The summed E-state index contributed by atoms with van der Waals surface area (Å²) < 4.78 is 4.55. The highest BCUT2D eigenvalue weighted by atomic mass is 32.2. The van der Waals surface area contributed by atoms with Crippen LogP contribution >= 0.6 is 23.1 Å². The Bertz CT molecular complexity index is 715. The molecule has 1 N–H and O–H groups in total. The average Bonchev–Trinajstić information content (AvgIpc) is 3.16. The van der Waals surface area contributed by atoms with Crippen molar-refractivity contribution >= 4 is 40.8 Å². The molecule has 6 nitrogen and oxygen atoms in total. The van der Waals surface area contributed by atoms with E-state index in [1.54, 1.807) is 17.5 Å². The van der Waals surface area contributed by atoms with Crippen molar-refractivity contribution < 1.29 is 24.2 Å². The van der Waals surface area contributed by atoms with Crippen molar-refractivity contribution in [3.8, 4) is 0 Å². The first-order chi connectivity index (χ1) is 11.8. The molecule has 0 radical (unpaired) electrons. The number of aliphatic hydroxyl groups is 1. The fourth-order valence-corrected chi connectivity index (χ4v) is 5.67. The number of aliphatic hydroxyl groups excluding tert-OH is 1. The zero-order chi connectivity index (χ0) is 18.4. The van der Waals surface area contributed by atoms with Crippen molar-refractivity contribution in [3.05, 3.63) is 35.0 Å². The maximum atomic E-state index is 12.6. The maximum Gasteiger partial charge on any atom is 0.330 e. The van der Waals surface area contributed by atoms with Crippen LogP contribution in [0, 0.1) is 5.92 Å². The van der Waals surface area contributed by atoms with E-state index in [1.165, 1.54) is 34.1 Å². The molecule has 2 fully saturated rings. The minimum Gasteiger partial charge on any atom is -0.460 e. The first kappa shape index (κ1) is 18.2. The van der Waals surface area contributed by atoms with Gasteiger partial charge in [0, 0.05) is 4.75 Å². The molecule has 4 atom stereocenters. The minimum atomic E-state index is -1.40. The first-order valence-corrected chi connectivity index (χ1v) is 9.59. The van der Waals surface area contributed by atoms with Gasteiger partial charge in [-0.25, -0.2) is 4.79 Å². The topological polar surface area (TPSA) is 83.9 Å². The van der Waals surface area contributed by atoms with Gasteiger partial charge >= 0.3 is 5.97 Å². The summed E-state index contributed by atoms with van der Waals surface area (Å²) in [6.45, 7) is 7.29. The Balaban J connectivity index is 1.78. The van der Waals surface area contributed by atoms with E-state index >= 15 is 0 Å². The number of nitrogens with zero attached hydrogens (tertiary/aromatic N) is 1. The number of ether oxygens (including phenoxy) is 1. The predicted octanol–water partition coefficient (Wildman–Crippen LogP) is 1.70. The highest BCUT2D eigenvalue weighted by molar-refractivity contribution is 8.01. The maximum absolute atomic E-state index is 12.6. The van der Waals surface area contributed by atoms with E-state index in [0.29, 0.717) is 4.88 Å². The van der Waals surface area contributed by atoms with Crippen LogP contribution in [-0.2, 0) is 14.3 Å². The number of thiophene rings is 1. The standard InChI is InChI=1S/C17H19NO5S2/c1-4-7-23-16(22)13-17(2,3)25-15-10(14(21)18(13)15)12(20)11(19)9-6-5-8-24-9/h4-6,8,10,12-13,15,20H,1,7H2,2-3H3/t10-,12?,13+,15-/m1/s1. The van der Waals surface area contributed by atoms with Gasteiger partial charge in [-0.1, -0.05) is 18.7 Å². The van der Waals surface area contributed by atoms with Crippen LogP contribution in [0.5, 0.6) is 0 Å². The summed E-state index contributed by atoms with van der Waals surface area (Å²) in [5.41, 5.74) is 0. The lowest BCUT2D eigenvalue weighted by molar-refractivity contribution is -0.169. The minimum absolute atomic E-state index is 0.0751. The second-order valence-electron chi connectivity index (χ2n) is 6.49. The Morgan fingerprint density at radius 2 is 2.24 bits per heavy atom. The number of fused-ring (bicyclic) bond motifs is 1. The third-order valence-corrected chi connectivity index (χ3v) is 6.90. The molecule has 2 aliphatic rings. The van der Waals surface area contributed by atoms with Gasteiger partial charge in [-0.3, -0.25) is 9.59 Å². The normalized spacial score (nSPS) is 28.0. The lowest BCUT2D eigenvalue weighted by Gasteiger charge is -2.45. The molecular formula is C17H19NO5S2. The van der Waals surface area contributed by atoms with Crippen molar-refractivity contribution in [1.82, 2.24) is 4.90 Å². The highest BCUT2D eigenvalue weighted by Crippen LogP contribution is 2.54. The highest BCUT2D eigenvalue weighted by Gasteiger charge is 2.66. The van der Waals surface area contributed by atoms with E-state index in [9.17, 15) is 19.5 Å². The second-order valence-corrected chi connectivity index (χ2v) is 9.21. The molecule has 0 bridgehead atoms. The summed E-state index contributed by atoms with van der Waals surface area (Å²) in [7, 11) is 0. The number of β-lactam (4-membered cyclic amide) rings is 1. The number of hydrogen-bond acceptors (Lipinski definition) is 7. The molecule has 0 aromatic carbocycles. The fourth-order valence-electron chi connectivity index (χ4n) is 3.26. The van der Waals surface area contributed by atoms with Gasteiger partial charge in [0.25, 0.3) is 0 Å². The van der Waals surface area contributed by atoms with E-state index in [-0.39, 0.29) is 12.5 Å². The number of Topliss-reactive ketones (excluding diaryl/α,β-unsaturated/α-hetero) is 1. The van der Waals surface area contributed by atoms with Crippen LogP contribution in [0.4, 0.5) is 0 Å². The molecule has 3 rings (SSSR count). The van der Waals surface area contributed by atoms with Crippen LogP contribution in [0.3, 0.4) is 0 Å². The molecule has 0 aliphatic carbocycles. The van der Waals surface area contributed by atoms with Gasteiger partial charge in [-0.05, 0) is 25.3 Å². The third-order valence-electron chi connectivity index (χ3n) is 4.42. The second kappa shape index (κ2) is 6.59. The number of ketones is 1. The van der Waals surface area contributed by atoms with Crippen LogP contribution in [-0.4, -0.2) is 56.5 Å². The van der Waals surface area contributed by atoms with Crippen LogP contribution in [0.2, 0.25) is 0 Å². The summed E-state index contributed by atoms with van der Waals surface area (Å²) in [6.07, 6.45) is 0.0629. The molecular weight excluding hydrogens is 362 g/mol. The van der Waals surface area contributed by atoms with E-state index in [2.05, 4.69) is 6.58 Å². The molecule has 0 saturated carbocycles. The number of amides is 1. The van der Waals surface area contributed by atoms with Crippen molar-refractivity contribution in [2.75, 3.05) is 6.61 Å². The van der Waals surface area contributed by atoms with E-state index in [0.717, 1.165) is 0 Å². The number of esters is 1. The van der Waals surface area contributed by atoms with Crippen molar-refractivity contribution in [1.29, 1.82) is 0 Å². The van der Waals surface area contributed by atoms with Gasteiger partial charge in [0.05, 0.1) is 10.3 Å². The number of rotatable bonds is 6. The Hall–Kier alpha value is -1.64. The predicted molar refractivity (Wildman–Crippen MR) is 95.4 cm³/mol. The van der Waals surface area contributed by atoms with Gasteiger partial charge in [0.2, 0.25) is 11.7 Å². The summed E-state index contributed by atoms with van der Waals surface area (Å²) in [6, 6.07) is 2.60. The van der Waals surface area contributed by atoms with Crippen LogP contribution < -0.4 is 0 Å². The van der Waals surface area contributed by atoms with Crippen LogP contribution in [0.1, 0.15) is 23.5 Å². The lowest BCUT2D eigenvalue weighted by atomic mass is 9.86. The largest absolute Gasteiger partial charge is 0.460 e. The molecule has 1 aromatic heterocycles. The molecule has 0 spiro atoms. The van der Waals surface area contributed by atoms with Crippen LogP contribution in [0.25, 0.3) is 0 Å². The van der Waals surface area contributed by atoms with E-state index < -0.39 is 39.9 Å². The monoisotopic (exact) mass is 381 g/mol. The number of carbonyl (C=O) groups excluding carboxylic acids is 3. The number of hydrogen-bond donors (Lipinski definition) is 1. The van der Waals surface area contributed by atoms with Crippen molar-refractivity contribution in [3.63, 3.8) is 0 Å². The Kier molecular flexibility index (Phi) is 4.78. The van der Waals surface area contributed by atoms with Gasteiger partial charge in [0.15, 0.2) is 0 Å². The van der Waals surface area contributed by atoms with Crippen LogP contribution in [0.15, 0.2) is 30.2 Å². The summed E-state index contributed by atoms with van der Waals surface area (Å²) in [5.74, 6) is -2.17. The number of thioether (sulfide) groups is 1. The molecule has 1 unspecified atom stereocenters. The smallest absolute Gasteiger partial charge is 0.330 e. The van der Waals surface area contributed by atoms with E-state index in [1.807, 2.05) is 13.8 Å². The quantitative estimate of drug-likeness (QED) is 0.349. The molecule has 8 heteroatoms. The molecule has 2 saturated heterocycles. The van der Waals surface area contributed by atoms with Gasteiger partial charge in [-0.2, -0.15) is 0 Å². The van der Waals surface area contributed by atoms with Crippen molar-refractivity contribution in [2.24, 2.45) is 5.92 Å². The zero-order valence-electron chi connectivity index (χ0n) is 13.9. The third kappa shape index (κ3) is 2.92. The molecule has 2 aliphatic heterocycles. The average molecular weight is 381 g/mol. The van der Waals surface area contributed by atoms with Gasteiger partial charge < -0.3 is 14.7 Å². The Morgan fingerprint density at radius 3 is 2.84 bits per heavy atom. The molecule has 3 heterocycles. The summed E-state index contributed by atoms with van der Waals surface area (Å²) in [4.78, 5) is 39.2. The summed E-state index contributed by atoms with van der Waals surface area (Å²) >= 11 is 2.64. The van der Waals surface area contributed by atoms with Crippen molar-refractivity contribution in [2.45, 2.75) is 36.1 Å². The number of carbonyl (C=O) groups is 3. The molecule has 25 heavy (non-hydrogen) atoms. The summed E-state index contributed by atoms with van der Waals surface area (Å²) in [5, 5.41) is 11.8. The SMILES string of the molecule is C=CCOC(=O)[C@@H]1N2C(=O)[C@@H](C(O)C(=O)c3cccs3)[C@H]2SC1(C)C. The Morgan fingerprint density at radius 1 is 1.52 bits per heavy atom. The lowest BCUT2D eigenvalue weighted by Crippen LogP contribution is -2.66. The van der Waals surface area contributed by atoms with E-state index in [4.69, 9.17) is 4.74 Å². The van der Waals surface area contributed by atoms with Gasteiger partial charge in [0.1, 0.15) is 24.7 Å². The molecule has 1 amide bonds. The fraction of sp³-hybridized carbons (Fsp3) is 0.471.